The van der Waals surface area contributed by atoms with Gasteiger partial charge in [-0.3, -0.25) is 5.32 Å². The molecular formula is C14H17ClN4O3. The fourth-order valence-corrected chi connectivity index (χ4v) is 1.92. The quantitative estimate of drug-likeness (QED) is 0.784. The smallest absolute Gasteiger partial charge is 0.317 e. The van der Waals surface area contributed by atoms with Gasteiger partial charge in [0.2, 0.25) is 0 Å². The van der Waals surface area contributed by atoms with E-state index < -0.39 is 11.6 Å². The monoisotopic (exact) mass is 324 g/mol. The molecule has 2 rings (SSSR count). The molecule has 0 unspecified atom stereocenters. The lowest BCUT2D eigenvalue weighted by Gasteiger charge is -2.16. The summed E-state index contributed by atoms with van der Waals surface area (Å²) >= 11 is 6.19. The highest BCUT2D eigenvalue weighted by Crippen LogP contribution is 2.34. The Kier molecular flexibility index (Phi) is 4.58. The number of ether oxygens (including phenoxy) is 1. The standard InChI is InChI=1S/C14H17ClN4O3/c1-14(2,21)8-22-12-10(15)11(17-13(16)20)19(18-12)9-6-4-3-5-7-9/h3-7,21H,8H2,1-2H3,(H3,16,17,20). The van der Waals surface area contributed by atoms with Crippen molar-refractivity contribution < 1.29 is 14.6 Å². The second-order valence-corrected chi connectivity index (χ2v) is 5.68. The van der Waals surface area contributed by atoms with E-state index in [0.29, 0.717) is 5.69 Å². The molecule has 22 heavy (non-hydrogen) atoms. The fraction of sp³-hybridized carbons (Fsp3) is 0.286. The van der Waals surface area contributed by atoms with Gasteiger partial charge in [0, 0.05) is 0 Å². The largest absolute Gasteiger partial charge is 0.472 e. The van der Waals surface area contributed by atoms with Gasteiger partial charge in [-0.1, -0.05) is 29.8 Å². The van der Waals surface area contributed by atoms with E-state index in [0.717, 1.165) is 0 Å². The van der Waals surface area contributed by atoms with E-state index in [2.05, 4.69) is 10.4 Å². The molecule has 0 atom stereocenters. The van der Waals surface area contributed by atoms with E-state index in [1.54, 1.807) is 26.0 Å². The predicted octanol–water partition coefficient (Wildman–Crippen LogP) is 2.17. The molecule has 0 fully saturated rings. The number of nitrogens with one attached hydrogen (secondary N) is 1. The second-order valence-electron chi connectivity index (χ2n) is 5.31. The van der Waals surface area contributed by atoms with Crippen molar-refractivity contribution in [1.82, 2.24) is 9.78 Å². The van der Waals surface area contributed by atoms with Gasteiger partial charge in [0.1, 0.15) is 11.6 Å². The number of amides is 2. The molecule has 0 saturated carbocycles. The van der Waals surface area contributed by atoms with Crippen molar-refractivity contribution in [2.45, 2.75) is 19.4 Å². The Morgan fingerprint density at radius 3 is 2.64 bits per heavy atom. The zero-order chi connectivity index (χ0) is 16.3. The summed E-state index contributed by atoms with van der Waals surface area (Å²) in [6.45, 7) is 3.18. The van der Waals surface area contributed by atoms with E-state index in [1.807, 2.05) is 18.2 Å². The fourth-order valence-electron chi connectivity index (χ4n) is 1.70. The highest BCUT2D eigenvalue weighted by Gasteiger charge is 2.22. The van der Waals surface area contributed by atoms with Gasteiger partial charge in [0.25, 0.3) is 5.88 Å². The molecule has 1 heterocycles. The maximum atomic E-state index is 11.2. The summed E-state index contributed by atoms with van der Waals surface area (Å²) in [5.74, 6) is 0.294. The van der Waals surface area contributed by atoms with Crippen LogP contribution in [0.1, 0.15) is 13.8 Å². The number of benzene rings is 1. The van der Waals surface area contributed by atoms with Gasteiger partial charge >= 0.3 is 6.03 Å². The van der Waals surface area contributed by atoms with Gasteiger partial charge < -0.3 is 15.6 Å². The van der Waals surface area contributed by atoms with Gasteiger partial charge in [-0.15, -0.1) is 5.10 Å². The van der Waals surface area contributed by atoms with Crippen LogP contribution in [0.5, 0.6) is 5.88 Å². The molecule has 7 nitrogen and oxygen atoms in total. The summed E-state index contributed by atoms with van der Waals surface area (Å²) in [7, 11) is 0. The lowest BCUT2D eigenvalue weighted by molar-refractivity contribution is 0.0267. The van der Waals surface area contributed by atoms with Crippen molar-refractivity contribution in [1.29, 1.82) is 0 Å². The van der Waals surface area contributed by atoms with Crippen molar-refractivity contribution in [3.8, 4) is 11.6 Å². The normalized spacial score (nSPS) is 11.3. The first kappa shape index (κ1) is 16.1. The zero-order valence-electron chi connectivity index (χ0n) is 12.2. The molecule has 0 aliphatic heterocycles. The average molecular weight is 325 g/mol. The molecule has 118 valence electrons. The number of nitrogens with zero attached hydrogens (tertiary/aromatic N) is 2. The topological polar surface area (TPSA) is 102 Å². The summed E-state index contributed by atoms with van der Waals surface area (Å²) in [6, 6.07) is 8.28. The van der Waals surface area contributed by atoms with Crippen LogP contribution in [0.2, 0.25) is 5.02 Å². The molecule has 2 amide bonds. The van der Waals surface area contributed by atoms with Crippen LogP contribution in [-0.2, 0) is 0 Å². The molecule has 2 aromatic rings. The summed E-state index contributed by atoms with van der Waals surface area (Å²) < 4.78 is 6.83. The Morgan fingerprint density at radius 2 is 2.09 bits per heavy atom. The summed E-state index contributed by atoms with van der Waals surface area (Å²) in [5.41, 5.74) is 4.79. The lowest BCUT2D eigenvalue weighted by Crippen LogP contribution is -2.28. The van der Waals surface area contributed by atoms with Crippen molar-refractivity contribution in [3.63, 3.8) is 0 Å². The van der Waals surface area contributed by atoms with Crippen molar-refractivity contribution >= 4 is 23.4 Å². The number of rotatable bonds is 5. The molecule has 4 N–H and O–H groups in total. The molecular weight excluding hydrogens is 308 g/mol. The molecule has 0 saturated heterocycles. The number of urea groups is 1. The first-order valence-corrected chi connectivity index (χ1v) is 6.91. The molecule has 1 aromatic heterocycles. The van der Waals surface area contributed by atoms with Gasteiger partial charge in [-0.25, -0.2) is 9.48 Å². The number of para-hydroxylation sites is 1. The second kappa shape index (κ2) is 6.25. The predicted molar refractivity (Wildman–Crippen MR) is 83.6 cm³/mol. The van der Waals surface area contributed by atoms with E-state index in [4.69, 9.17) is 22.1 Å². The third-order valence-corrected chi connectivity index (χ3v) is 2.94. The van der Waals surface area contributed by atoms with Crippen LogP contribution < -0.4 is 15.8 Å². The van der Waals surface area contributed by atoms with E-state index in [-0.39, 0.29) is 23.3 Å². The Labute approximate surface area is 132 Å². The third kappa shape index (κ3) is 3.90. The number of hydrogen-bond donors (Lipinski definition) is 3. The third-order valence-electron chi connectivity index (χ3n) is 2.60. The molecule has 0 radical (unpaired) electrons. The van der Waals surface area contributed by atoms with Crippen molar-refractivity contribution in [3.05, 3.63) is 35.4 Å². The minimum absolute atomic E-state index is 0.00542. The van der Waals surface area contributed by atoms with Gasteiger partial charge in [0.15, 0.2) is 5.82 Å². The average Bonchev–Trinajstić information content (AvgIpc) is 2.74. The van der Waals surface area contributed by atoms with Crippen molar-refractivity contribution in [2.75, 3.05) is 11.9 Å². The molecule has 8 heteroatoms. The SMILES string of the molecule is CC(C)(O)COc1nn(-c2ccccc2)c(NC(N)=O)c1Cl. The van der Waals surface area contributed by atoms with Crippen LogP contribution in [-0.4, -0.2) is 33.1 Å². The Morgan fingerprint density at radius 1 is 1.45 bits per heavy atom. The zero-order valence-corrected chi connectivity index (χ0v) is 13.0. The van der Waals surface area contributed by atoms with Crippen LogP contribution in [0.15, 0.2) is 30.3 Å². The Hall–Kier alpha value is -2.25. The van der Waals surface area contributed by atoms with E-state index >= 15 is 0 Å². The van der Waals surface area contributed by atoms with Crippen LogP contribution in [0.3, 0.4) is 0 Å². The minimum atomic E-state index is -1.04. The Balaban J connectivity index is 2.41. The molecule has 0 bridgehead atoms. The Bertz CT molecular complexity index is 665. The first-order valence-electron chi connectivity index (χ1n) is 6.53. The van der Waals surface area contributed by atoms with E-state index in [1.165, 1.54) is 4.68 Å². The van der Waals surface area contributed by atoms with Crippen LogP contribution >= 0.6 is 11.6 Å². The molecule has 0 aliphatic carbocycles. The number of carbonyl (C=O) groups excluding carboxylic acids is 1. The van der Waals surface area contributed by atoms with Crippen molar-refractivity contribution in [2.24, 2.45) is 5.73 Å². The number of aromatic nitrogens is 2. The maximum absolute atomic E-state index is 11.2. The number of carbonyl (C=O) groups is 1. The van der Waals surface area contributed by atoms with Crippen LogP contribution in [0.4, 0.5) is 10.6 Å². The highest BCUT2D eigenvalue weighted by molar-refractivity contribution is 6.34. The maximum Gasteiger partial charge on any atom is 0.317 e. The van der Waals surface area contributed by atoms with Gasteiger partial charge in [-0.05, 0) is 26.0 Å². The molecule has 1 aromatic carbocycles. The summed E-state index contributed by atoms with van der Waals surface area (Å²) in [4.78, 5) is 11.2. The summed E-state index contributed by atoms with van der Waals surface area (Å²) in [6.07, 6.45) is 0. The minimum Gasteiger partial charge on any atom is -0.472 e. The van der Waals surface area contributed by atoms with Gasteiger partial charge in [-0.2, -0.15) is 0 Å². The number of anilines is 1. The first-order chi connectivity index (χ1) is 10.3. The number of hydrogen-bond acceptors (Lipinski definition) is 4. The molecule has 0 aliphatic rings. The number of primary amides is 1. The number of aliphatic hydroxyl groups is 1. The number of halogens is 1. The van der Waals surface area contributed by atoms with Gasteiger partial charge in [0.05, 0.1) is 11.3 Å². The lowest BCUT2D eigenvalue weighted by atomic mass is 10.2. The van der Waals surface area contributed by atoms with E-state index in [9.17, 15) is 9.90 Å². The van der Waals surface area contributed by atoms with Crippen LogP contribution in [0.25, 0.3) is 5.69 Å². The number of nitrogens with two attached hydrogens (primary N) is 1. The van der Waals surface area contributed by atoms with Crippen LogP contribution in [0, 0.1) is 0 Å². The molecule has 0 spiro atoms. The summed E-state index contributed by atoms with van der Waals surface area (Å²) in [5, 5.41) is 16.5. The highest BCUT2D eigenvalue weighted by atomic mass is 35.5.